The Morgan fingerprint density at radius 3 is 2.76 bits per heavy atom. The summed E-state index contributed by atoms with van der Waals surface area (Å²) in [6, 6.07) is 3.17. The molecule has 0 atom stereocenters. The van der Waals surface area contributed by atoms with E-state index in [1.807, 2.05) is 0 Å². The number of hydrogen-bond acceptors (Lipinski definition) is 3. The molecule has 25 heavy (non-hydrogen) atoms. The van der Waals surface area contributed by atoms with Crippen LogP contribution in [0.15, 0.2) is 12.1 Å². The number of aromatic nitrogens is 2. The topological polar surface area (TPSA) is 92.0 Å². The summed E-state index contributed by atoms with van der Waals surface area (Å²) >= 11 is 0. The molecule has 3 aliphatic carbocycles. The number of amides is 1. The number of aromatic amines is 1. The number of nitrogens with two attached hydrogens (primary N) is 1. The molecule has 6 heteroatoms. The largest absolute Gasteiger partial charge is 0.378 e. The summed E-state index contributed by atoms with van der Waals surface area (Å²) in [6.07, 6.45) is 1.79. The summed E-state index contributed by atoms with van der Waals surface area (Å²) < 4.78 is 14.5. The molecule has 4 N–H and O–H groups in total. The number of imidazole rings is 1. The molecule has 1 fully saturated rings. The Kier molecular flexibility index (Phi) is 3.28. The number of H-pyrrole nitrogens is 1. The van der Waals surface area contributed by atoms with Crippen LogP contribution in [-0.4, -0.2) is 26.6 Å². The summed E-state index contributed by atoms with van der Waals surface area (Å²) in [5, 5.41) is 9.76. The van der Waals surface area contributed by atoms with Gasteiger partial charge in [-0.05, 0) is 50.3 Å². The van der Waals surface area contributed by atoms with E-state index < -0.39 is 17.3 Å². The van der Waals surface area contributed by atoms with E-state index in [0.29, 0.717) is 5.69 Å². The monoisotopic (exact) mass is 339 g/mol. The van der Waals surface area contributed by atoms with Crippen molar-refractivity contribution in [3.8, 4) is 23.1 Å². The van der Waals surface area contributed by atoms with E-state index in [0.717, 1.165) is 29.7 Å². The SMILES string of the molecule is CC(C)(O)C#Cc1cc2c(cc1F)C1CC(C1)c1[nH]c(C(N)=O)nc1-2. The van der Waals surface area contributed by atoms with Crippen LogP contribution < -0.4 is 5.73 Å². The Balaban J connectivity index is 1.91. The number of hydrogen-bond donors (Lipinski definition) is 3. The van der Waals surface area contributed by atoms with Crippen LogP contribution in [0.25, 0.3) is 11.3 Å². The average molecular weight is 339 g/mol. The van der Waals surface area contributed by atoms with Crippen molar-refractivity contribution < 1.29 is 14.3 Å². The molecule has 1 amide bonds. The molecule has 0 aliphatic heterocycles. The fourth-order valence-electron chi connectivity index (χ4n) is 3.56. The third-order valence-corrected chi connectivity index (χ3v) is 4.85. The molecule has 0 radical (unpaired) electrons. The maximum Gasteiger partial charge on any atom is 0.284 e. The highest BCUT2D eigenvalue weighted by atomic mass is 19.1. The number of benzene rings is 1. The van der Waals surface area contributed by atoms with Gasteiger partial charge in [0.15, 0.2) is 5.82 Å². The van der Waals surface area contributed by atoms with Crippen LogP contribution in [0.4, 0.5) is 4.39 Å². The lowest BCUT2D eigenvalue weighted by molar-refractivity contribution is 0.0991. The molecular weight excluding hydrogens is 321 g/mol. The van der Waals surface area contributed by atoms with Crippen LogP contribution in [0.5, 0.6) is 0 Å². The molecule has 2 aromatic rings. The van der Waals surface area contributed by atoms with E-state index in [-0.39, 0.29) is 23.2 Å². The van der Waals surface area contributed by atoms with Gasteiger partial charge in [0.25, 0.3) is 5.91 Å². The summed E-state index contributed by atoms with van der Waals surface area (Å²) in [5.41, 5.74) is 7.56. The number of carbonyl (C=O) groups excluding carboxylic acids is 1. The molecular formula is C19H18FN3O2. The minimum atomic E-state index is -1.21. The van der Waals surface area contributed by atoms with Crippen LogP contribution in [0.2, 0.25) is 0 Å². The molecule has 3 aliphatic rings. The first kappa shape index (κ1) is 15.9. The molecule has 1 aromatic heterocycles. The fraction of sp³-hybridized carbons (Fsp3) is 0.368. The third kappa shape index (κ3) is 2.61. The van der Waals surface area contributed by atoms with Gasteiger partial charge in [-0.2, -0.15) is 0 Å². The number of nitrogens with zero attached hydrogens (tertiary/aromatic N) is 1. The van der Waals surface area contributed by atoms with E-state index >= 15 is 0 Å². The van der Waals surface area contributed by atoms with E-state index in [2.05, 4.69) is 21.8 Å². The predicted octanol–water partition coefficient (Wildman–Crippen LogP) is 2.41. The molecule has 128 valence electrons. The molecule has 0 saturated heterocycles. The van der Waals surface area contributed by atoms with Crippen molar-refractivity contribution in [1.82, 2.24) is 9.97 Å². The molecule has 5 rings (SSSR count). The van der Waals surface area contributed by atoms with E-state index in [9.17, 15) is 14.3 Å². The minimum Gasteiger partial charge on any atom is -0.378 e. The second-order valence-corrected chi connectivity index (χ2v) is 7.31. The van der Waals surface area contributed by atoms with Gasteiger partial charge < -0.3 is 15.8 Å². The summed E-state index contributed by atoms with van der Waals surface area (Å²) in [4.78, 5) is 18.9. The van der Waals surface area contributed by atoms with Gasteiger partial charge in [0.05, 0.1) is 11.3 Å². The third-order valence-electron chi connectivity index (χ3n) is 4.85. The van der Waals surface area contributed by atoms with Gasteiger partial charge in [0.2, 0.25) is 0 Å². The Bertz CT molecular complexity index is 954. The van der Waals surface area contributed by atoms with Crippen molar-refractivity contribution in [2.24, 2.45) is 5.73 Å². The highest BCUT2D eigenvalue weighted by Gasteiger charge is 2.40. The second kappa shape index (κ2) is 5.17. The molecule has 1 heterocycles. The second-order valence-electron chi connectivity index (χ2n) is 7.31. The lowest BCUT2D eigenvalue weighted by Gasteiger charge is -2.33. The van der Waals surface area contributed by atoms with Crippen molar-refractivity contribution in [3.63, 3.8) is 0 Å². The molecule has 0 spiro atoms. The van der Waals surface area contributed by atoms with Crippen molar-refractivity contribution in [3.05, 3.63) is 40.6 Å². The smallest absolute Gasteiger partial charge is 0.284 e. The highest BCUT2D eigenvalue weighted by Crippen LogP contribution is 2.54. The van der Waals surface area contributed by atoms with Gasteiger partial charge in [-0.3, -0.25) is 4.79 Å². The normalized spacial score (nSPS) is 20.5. The van der Waals surface area contributed by atoms with Gasteiger partial charge in [-0.25, -0.2) is 9.37 Å². The van der Waals surface area contributed by atoms with Crippen molar-refractivity contribution in [2.45, 2.75) is 44.1 Å². The van der Waals surface area contributed by atoms with Gasteiger partial charge in [0, 0.05) is 17.2 Å². The van der Waals surface area contributed by atoms with Gasteiger partial charge >= 0.3 is 0 Å². The summed E-state index contributed by atoms with van der Waals surface area (Å²) in [5.74, 6) is 5.00. The minimum absolute atomic E-state index is 0.120. The Hall–Kier alpha value is -2.65. The van der Waals surface area contributed by atoms with Crippen molar-refractivity contribution in [2.75, 3.05) is 0 Å². The first-order valence-corrected chi connectivity index (χ1v) is 8.22. The lowest BCUT2D eigenvalue weighted by atomic mass is 9.71. The zero-order chi connectivity index (χ0) is 17.9. The molecule has 2 bridgehead atoms. The van der Waals surface area contributed by atoms with E-state index in [1.54, 1.807) is 19.9 Å². The summed E-state index contributed by atoms with van der Waals surface area (Å²) in [7, 11) is 0. The molecule has 1 saturated carbocycles. The van der Waals surface area contributed by atoms with Crippen LogP contribution in [0.1, 0.15) is 66.0 Å². The fourth-order valence-corrected chi connectivity index (χ4v) is 3.56. The van der Waals surface area contributed by atoms with Gasteiger partial charge in [-0.1, -0.05) is 11.8 Å². The van der Waals surface area contributed by atoms with E-state index in [4.69, 9.17) is 5.73 Å². The first-order valence-electron chi connectivity index (χ1n) is 8.22. The van der Waals surface area contributed by atoms with Gasteiger partial charge in [-0.15, -0.1) is 0 Å². The number of primary amides is 1. The van der Waals surface area contributed by atoms with E-state index in [1.165, 1.54) is 6.07 Å². The lowest BCUT2D eigenvalue weighted by Crippen LogP contribution is -2.19. The standard InChI is InChI=1S/C19H18FN3O2/c1-19(2,25)4-3-9-7-13-12(8-14(9)20)10-5-11(6-10)15-16(13)23-18(22-15)17(21)24/h7-8,10-11,25H,5-6H2,1-2H3,(H2,21,24)(H,22,23). The van der Waals surface area contributed by atoms with Crippen molar-refractivity contribution in [1.29, 1.82) is 0 Å². The predicted molar refractivity (Wildman–Crippen MR) is 90.4 cm³/mol. The maximum absolute atomic E-state index is 14.5. The van der Waals surface area contributed by atoms with Crippen LogP contribution in [0.3, 0.4) is 0 Å². The van der Waals surface area contributed by atoms with Crippen LogP contribution >= 0.6 is 0 Å². The number of halogens is 1. The Morgan fingerprint density at radius 1 is 1.40 bits per heavy atom. The molecule has 1 aromatic carbocycles. The molecule has 0 unspecified atom stereocenters. The number of aliphatic hydroxyl groups is 1. The number of carbonyl (C=O) groups is 1. The maximum atomic E-state index is 14.5. The Labute approximate surface area is 144 Å². The molecule has 5 nitrogen and oxygen atoms in total. The summed E-state index contributed by atoms with van der Waals surface area (Å²) in [6.45, 7) is 3.09. The average Bonchev–Trinajstić information content (AvgIpc) is 2.80. The Morgan fingerprint density at radius 2 is 2.12 bits per heavy atom. The van der Waals surface area contributed by atoms with Crippen molar-refractivity contribution >= 4 is 5.91 Å². The quantitative estimate of drug-likeness (QED) is 0.697. The van der Waals surface area contributed by atoms with Crippen LogP contribution in [-0.2, 0) is 0 Å². The number of rotatable bonds is 1. The number of nitrogens with one attached hydrogen (secondary N) is 1. The zero-order valence-electron chi connectivity index (χ0n) is 14.0. The van der Waals surface area contributed by atoms with Crippen LogP contribution in [0, 0.1) is 17.7 Å². The zero-order valence-corrected chi connectivity index (χ0v) is 14.0. The first-order chi connectivity index (χ1) is 11.7. The highest BCUT2D eigenvalue weighted by molar-refractivity contribution is 5.90. The van der Waals surface area contributed by atoms with Gasteiger partial charge in [0.1, 0.15) is 11.4 Å².